The van der Waals surface area contributed by atoms with Crippen LogP contribution in [0, 0.1) is 0 Å². The molecule has 1 aromatic carbocycles. The molecule has 2 aliphatic heterocycles. The van der Waals surface area contributed by atoms with Crippen molar-refractivity contribution in [3.63, 3.8) is 0 Å². The van der Waals surface area contributed by atoms with Crippen molar-refractivity contribution in [2.24, 2.45) is 0 Å². The van der Waals surface area contributed by atoms with Crippen LogP contribution in [-0.4, -0.2) is 21.8 Å². The Hall–Kier alpha value is -0.810. The van der Waals surface area contributed by atoms with Gasteiger partial charge in [0.1, 0.15) is 5.75 Å². The molecule has 2 heterocycles. The number of hydrogen-bond donors (Lipinski definition) is 1. The van der Waals surface area contributed by atoms with E-state index in [0.29, 0.717) is 6.04 Å². The Morgan fingerprint density at radius 3 is 3.05 bits per heavy atom. The van der Waals surface area contributed by atoms with Crippen LogP contribution in [0.15, 0.2) is 22.7 Å². The molecule has 0 saturated carbocycles. The van der Waals surface area contributed by atoms with Crippen molar-refractivity contribution < 1.29 is 4.74 Å². The van der Waals surface area contributed by atoms with Gasteiger partial charge in [0.15, 0.2) is 10.8 Å². The zero-order chi connectivity index (χ0) is 14.5. The highest BCUT2D eigenvalue weighted by Gasteiger charge is 2.48. The Labute approximate surface area is 133 Å². The van der Waals surface area contributed by atoms with E-state index in [2.05, 4.69) is 53.0 Å². The number of nitrogens with zero attached hydrogens (tertiary/aromatic N) is 1. The molecule has 0 aromatic heterocycles. The lowest BCUT2D eigenvalue weighted by molar-refractivity contribution is -0.0840. The van der Waals surface area contributed by atoms with Gasteiger partial charge < -0.3 is 15.0 Å². The number of halogens is 1. The maximum absolute atomic E-state index is 6.33. The van der Waals surface area contributed by atoms with Crippen molar-refractivity contribution in [3.05, 3.63) is 28.2 Å². The molecule has 0 aliphatic carbocycles. The summed E-state index contributed by atoms with van der Waals surface area (Å²) in [6, 6.07) is 6.77. The minimum atomic E-state index is -0.358. The van der Waals surface area contributed by atoms with Gasteiger partial charge in [-0.25, -0.2) is 0 Å². The van der Waals surface area contributed by atoms with E-state index in [1.807, 2.05) is 12.1 Å². The first-order valence-electron chi connectivity index (χ1n) is 7.03. The highest BCUT2D eigenvalue weighted by atomic mass is 79.9. The summed E-state index contributed by atoms with van der Waals surface area (Å²) < 4.78 is 7.40. The molecule has 3 rings (SSSR count). The number of benzene rings is 1. The van der Waals surface area contributed by atoms with Gasteiger partial charge in [0.05, 0.1) is 6.04 Å². The lowest BCUT2D eigenvalue weighted by Crippen LogP contribution is -2.66. The molecule has 0 radical (unpaired) electrons. The zero-order valence-electron chi connectivity index (χ0n) is 11.9. The van der Waals surface area contributed by atoms with Gasteiger partial charge in [0.2, 0.25) is 0 Å². The average Bonchev–Trinajstić information content (AvgIpc) is 2.38. The SMILES string of the molecule is CCC(C)N1C(=S)NC2CC1(C)Oc1ccc(Br)cc12. The number of nitrogens with one attached hydrogen (secondary N) is 1. The highest BCUT2D eigenvalue weighted by Crippen LogP contribution is 2.45. The molecular weight excluding hydrogens is 336 g/mol. The molecule has 5 heteroatoms. The summed E-state index contributed by atoms with van der Waals surface area (Å²) in [5.74, 6) is 0.954. The number of hydrogen-bond acceptors (Lipinski definition) is 2. The number of fused-ring (bicyclic) bond motifs is 4. The first-order chi connectivity index (χ1) is 9.44. The second-order valence-corrected chi connectivity index (χ2v) is 7.10. The predicted molar refractivity (Wildman–Crippen MR) is 87.9 cm³/mol. The fourth-order valence-electron chi connectivity index (χ4n) is 3.21. The predicted octanol–water partition coefficient (Wildman–Crippen LogP) is 3.98. The lowest BCUT2D eigenvalue weighted by atomic mass is 9.89. The summed E-state index contributed by atoms with van der Waals surface area (Å²) in [6.07, 6.45) is 1.94. The second-order valence-electron chi connectivity index (χ2n) is 5.79. The van der Waals surface area contributed by atoms with Crippen molar-refractivity contribution in [1.82, 2.24) is 10.2 Å². The van der Waals surface area contributed by atoms with Gasteiger partial charge in [0.25, 0.3) is 0 Å². The molecule has 2 bridgehead atoms. The number of rotatable bonds is 2. The zero-order valence-corrected chi connectivity index (χ0v) is 14.3. The van der Waals surface area contributed by atoms with Crippen molar-refractivity contribution in [3.8, 4) is 5.75 Å². The summed E-state index contributed by atoms with van der Waals surface area (Å²) in [4.78, 5) is 2.21. The molecule has 3 nitrogen and oxygen atoms in total. The monoisotopic (exact) mass is 354 g/mol. The molecule has 3 unspecified atom stereocenters. The molecular formula is C15H19BrN2OS. The summed E-state index contributed by atoms with van der Waals surface area (Å²) in [5.41, 5.74) is 0.825. The second kappa shape index (κ2) is 4.88. The quantitative estimate of drug-likeness (QED) is 0.812. The average molecular weight is 355 g/mol. The molecule has 0 spiro atoms. The van der Waals surface area contributed by atoms with E-state index in [1.54, 1.807) is 0 Å². The van der Waals surface area contributed by atoms with Gasteiger partial charge >= 0.3 is 0 Å². The maximum Gasteiger partial charge on any atom is 0.184 e. The molecule has 0 amide bonds. The smallest absolute Gasteiger partial charge is 0.184 e. The number of thiocarbonyl (C=S) groups is 1. The molecule has 1 saturated heterocycles. The van der Waals surface area contributed by atoms with Crippen LogP contribution in [0.3, 0.4) is 0 Å². The van der Waals surface area contributed by atoms with E-state index in [1.165, 1.54) is 5.56 Å². The molecule has 3 atom stereocenters. The van der Waals surface area contributed by atoms with Crippen molar-refractivity contribution in [1.29, 1.82) is 0 Å². The van der Waals surface area contributed by atoms with Gasteiger partial charge in [-0.2, -0.15) is 0 Å². The van der Waals surface area contributed by atoms with Crippen LogP contribution in [0.25, 0.3) is 0 Å². The van der Waals surface area contributed by atoms with Gasteiger partial charge in [-0.1, -0.05) is 22.9 Å². The Morgan fingerprint density at radius 1 is 1.60 bits per heavy atom. The third-order valence-electron chi connectivity index (χ3n) is 4.32. The molecule has 1 fully saturated rings. The standard InChI is InChI=1S/C15H19BrN2OS/c1-4-9(2)18-14(20)17-12-8-15(18,3)19-13-6-5-10(16)7-11(12)13/h5-7,9,12H,4,8H2,1-3H3,(H,17,20). The van der Waals surface area contributed by atoms with Crippen LogP contribution >= 0.6 is 28.1 Å². The maximum atomic E-state index is 6.33. The van der Waals surface area contributed by atoms with Crippen LogP contribution in [0.4, 0.5) is 0 Å². The lowest BCUT2D eigenvalue weighted by Gasteiger charge is -2.54. The Balaban J connectivity index is 2.04. The third kappa shape index (κ3) is 2.11. The van der Waals surface area contributed by atoms with Crippen LogP contribution in [-0.2, 0) is 0 Å². The first-order valence-corrected chi connectivity index (χ1v) is 8.23. The summed E-state index contributed by atoms with van der Waals surface area (Å²) in [6.45, 7) is 6.51. The molecule has 108 valence electrons. The Kier molecular flexibility index (Phi) is 3.45. The summed E-state index contributed by atoms with van der Waals surface area (Å²) in [5, 5.41) is 4.27. The van der Waals surface area contributed by atoms with Crippen molar-refractivity contribution in [2.45, 2.75) is 51.4 Å². The van der Waals surface area contributed by atoms with Crippen molar-refractivity contribution in [2.75, 3.05) is 0 Å². The van der Waals surface area contributed by atoms with E-state index >= 15 is 0 Å². The Bertz CT molecular complexity index is 565. The number of ether oxygens (including phenoxy) is 1. The largest absolute Gasteiger partial charge is 0.468 e. The van der Waals surface area contributed by atoms with Gasteiger partial charge in [-0.15, -0.1) is 0 Å². The third-order valence-corrected chi connectivity index (χ3v) is 5.13. The Morgan fingerprint density at radius 2 is 2.35 bits per heavy atom. The van der Waals surface area contributed by atoms with Crippen LogP contribution in [0.2, 0.25) is 0 Å². The molecule has 1 aromatic rings. The summed E-state index contributed by atoms with van der Waals surface area (Å²) >= 11 is 9.11. The molecule has 20 heavy (non-hydrogen) atoms. The van der Waals surface area contributed by atoms with Gasteiger partial charge in [-0.3, -0.25) is 0 Å². The minimum absolute atomic E-state index is 0.231. The fraction of sp³-hybridized carbons (Fsp3) is 0.533. The van der Waals surface area contributed by atoms with E-state index in [4.69, 9.17) is 17.0 Å². The first kappa shape index (κ1) is 14.1. The van der Waals surface area contributed by atoms with Crippen molar-refractivity contribution >= 4 is 33.3 Å². The van der Waals surface area contributed by atoms with Crippen LogP contribution < -0.4 is 10.1 Å². The molecule has 1 N–H and O–H groups in total. The fourth-order valence-corrected chi connectivity index (χ4v) is 4.10. The normalized spacial score (nSPS) is 29.3. The highest BCUT2D eigenvalue weighted by molar-refractivity contribution is 9.10. The van der Waals surface area contributed by atoms with E-state index in [0.717, 1.165) is 28.2 Å². The minimum Gasteiger partial charge on any atom is -0.468 e. The topological polar surface area (TPSA) is 24.5 Å². The van der Waals surface area contributed by atoms with Gasteiger partial charge in [-0.05, 0) is 50.7 Å². The van der Waals surface area contributed by atoms with Gasteiger partial charge in [0, 0.05) is 22.5 Å². The molecule has 2 aliphatic rings. The van der Waals surface area contributed by atoms with Crippen LogP contribution in [0.1, 0.15) is 45.2 Å². The van der Waals surface area contributed by atoms with Crippen LogP contribution in [0.5, 0.6) is 5.75 Å². The van der Waals surface area contributed by atoms with E-state index in [-0.39, 0.29) is 11.8 Å². The summed E-state index contributed by atoms with van der Waals surface area (Å²) in [7, 11) is 0. The van der Waals surface area contributed by atoms with E-state index < -0.39 is 0 Å². The van der Waals surface area contributed by atoms with E-state index in [9.17, 15) is 0 Å².